The molecule has 0 bridgehead atoms. The van der Waals surface area contributed by atoms with Gasteiger partial charge in [-0.15, -0.1) is 0 Å². The van der Waals surface area contributed by atoms with Crippen molar-refractivity contribution in [1.29, 1.82) is 5.26 Å². The SMILES string of the molecule is [C-]#[N+]c1ccnc(-c2cccc(-c3cc4c(c5ccccc35)c3ccc(-c5cccc(-c6cc(C#N)ccn6)c5)cc3n4-c3ccccc3)c2)c1. The highest BCUT2D eigenvalue weighted by Gasteiger charge is 2.19. The minimum absolute atomic E-state index is 0.570. The summed E-state index contributed by atoms with van der Waals surface area (Å²) in [5.41, 5.74) is 12.3. The summed E-state index contributed by atoms with van der Waals surface area (Å²) in [5, 5.41) is 14.2. The van der Waals surface area contributed by atoms with Gasteiger partial charge in [0.05, 0.1) is 40.6 Å². The molecule has 3 heterocycles. The fourth-order valence-corrected chi connectivity index (χ4v) is 7.16. The highest BCUT2D eigenvalue weighted by molar-refractivity contribution is 6.24. The largest absolute Gasteiger partial charge is 0.309 e. The Bertz CT molecular complexity index is 2890. The lowest BCUT2D eigenvalue weighted by molar-refractivity contribution is 1.18. The van der Waals surface area contributed by atoms with Gasteiger partial charge in [-0.25, -0.2) is 4.85 Å². The number of benzene rings is 6. The number of hydrogen-bond donors (Lipinski definition) is 0. The zero-order valence-corrected chi connectivity index (χ0v) is 27.3. The standard InChI is InChI=1S/C46H27N5/c1-48-36-20-22-50-43(27-36)35-12-8-10-33(25-35)41-28-45-46(39-16-6-5-15-38(39)41)40-18-17-32(26-44(40)51(45)37-13-3-2-4-14-37)31-9-7-11-34(24-31)42-23-30(29-47)19-21-49-42/h2-28H. The molecule has 0 aliphatic rings. The molecule has 0 saturated heterocycles. The molecular formula is C46H27N5. The number of aromatic nitrogens is 3. The Morgan fingerprint density at radius 3 is 1.98 bits per heavy atom. The summed E-state index contributed by atoms with van der Waals surface area (Å²) in [5.74, 6) is 0. The topological polar surface area (TPSA) is 58.9 Å². The Hall–Kier alpha value is -7.34. The second kappa shape index (κ2) is 12.3. The summed E-state index contributed by atoms with van der Waals surface area (Å²) in [4.78, 5) is 12.7. The summed E-state index contributed by atoms with van der Waals surface area (Å²) < 4.78 is 2.37. The lowest BCUT2D eigenvalue weighted by Gasteiger charge is -2.13. The van der Waals surface area contributed by atoms with Crippen molar-refractivity contribution in [2.24, 2.45) is 0 Å². The molecule has 3 aromatic heterocycles. The normalized spacial score (nSPS) is 11.1. The van der Waals surface area contributed by atoms with Crippen molar-refractivity contribution in [2.75, 3.05) is 0 Å². The third-order valence-corrected chi connectivity index (χ3v) is 9.51. The molecule has 9 aromatic rings. The van der Waals surface area contributed by atoms with Gasteiger partial charge in [0.1, 0.15) is 0 Å². The van der Waals surface area contributed by atoms with Gasteiger partial charge >= 0.3 is 0 Å². The molecule has 5 nitrogen and oxygen atoms in total. The predicted molar refractivity (Wildman–Crippen MR) is 207 cm³/mol. The monoisotopic (exact) mass is 649 g/mol. The van der Waals surface area contributed by atoms with Crippen LogP contribution in [-0.4, -0.2) is 14.5 Å². The van der Waals surface area contributed by atoms with E-state index in [0.717, 1.165) is 61.5 Å². The van der Waals surface area contributed by atoms with Gasteiger partial charge in [0.25, 0.3) is 0 Å². The highest BCUT2D eigenvalue weighted by Crippen LogP contribution is 2.43. The number of nitrogens with zero attached hydrogens (tertiary/aromatic N) is 5. The first-order valence-corrected chi connectivity index (χ1v) is 16.7. The Kier molecular flexibility index (Phi) is 7.17. The van der Waals surface area contributed by atoms with Crippen LogP contribution in [0, 0.1) is 17.9 Å². The summed E-state index contributed by atoms with van der Waals surface area (Å²) in [6, 6.07) is 54.4. The second-order valence-electron chi connectivity index (χ2n) is 12.5. The van der Waals surface area contributed by atoms with Gasteiger partial charge in [-0.05, 0) is 99.3 Å². The predicted octanol–water partition coefficient (Wildman–Crippen LogP) is 11.8. The van der Waals surface area contributed by atoms with Crippen molar-refractivity contribution in [3.05, 3.63) is 181 Å². The van der Waals surface area contributed by atoms with Crippen molar-refractivity contribution in [2.45, 2.75) is 0 Å². The van der Waals surface area contributed by atoms with Crippen molar-refractivity contribution >= 4 is 38.3 Å². The van der Waals surface area contributed by atoms with E-state index in [1.165, 1.54) is 21.5 Å². The van der Waals surface area contributed by atoms with Crippen LogP contribution in [0.15, 0.2) is 164 Å². The number of para-hydroxylation sites is 1. The molecule has 51 heavy (non-hydrogen) atoms. The number of nitriles is 1. The zero-order valence-electron chi connectivity index (χ0n) is 27.3. The van der Waals surface area contributed by atoms with Gasteiger partial charge in [-0.3, -0.25) is 9.97 Å². The van der Waals surface area contributed by atoms with E-state index in [0.29, 0.717) is 11.3 Å². The molecule has 6 aromatic carbocycles. The van der Waals surface area contributed by atoms with Gasteiger partial charge < -0.3 is 4.57 Å². The quantitative estimate of drug-likeness (QED) is 0.174. The van der Waals surface area contributed by atoms with Crippen LogP contribution in [0.3, 0.4) is 0 Å². The van der Waals surface area contributed by atoms with Crippen LogP contribution in [0.4, 0.5) is 5.69 Å². The van der Waals surface area contributed by atoms with Crippen molar-refractivity contribution in [1.82, 2.24) is 14.5 Å². The van der Waals surface area contributed by atoms with Crippen LogP contribution in [0.2, 0.25) is 0 Å². The van der Waals surface area contributed by atoms with Crippen LogP contribution in [0.25, 0.3) is 87.9 Å². The van der Waals surface area contributed by atoms with E-state index < -0.39 is 0 Å². The van der Waals surface area contributed by atoms with Gasteiger partial charge in [-0.2, -0.15) is 5.26 Å². The summed E-state index contributed by atoms with van der Waals surface area (Å²) >= 11 is 0. The minimum Gasteiger partial charge on any atom is -0.309 e. The molecule has 0 N–H and O–H groups in total. The molecule has 0 spiro atoms. The molecule has 0 unspecified atom stereocenters. The van der Waals surface area contributed by atoms with E-state index in [2.05, 4.69) is 129 Å². The van der Waals surface area contributed by atoms with E-state index in [1.54, 1.807) is 24.5 Å². The Labute approximate surface area is 294 Å². The average Bonchev–Trinajstić information content (AvgIpc) is 3.54. The minimum atomic E-state index is 0.570. The molecule has 0 aliphatic heterocycles. The number of pyridine rings is 2. The van der Waals surface area contributed by atoms with E-state index in [9.17, 15) is 5.26 Å². The molecule has 236 valence electrons. The first-order chi connectivity index (χ1) is 25.2. The lowest BCUT2D eigenvalue weighted by atomic mass is 9.93. The molecule has 0 radical (unpaired) electrons. The number of fused-ring (bicyclic) bond motifs is 5. The molecule has 0 fully saturated rings. The third-order valence-electron chi connectivity index (χ3n) is 9.51. The van der Waals surface area contributed by atoms with Crippen LogP contribution < -0.4 is 0 Å². The van der Waals surface area contributed by atoms with Crippen LogP contribution in [0.5, 0.6) is 0 Å². The van der Waals surface area contributed by atoms with Crippen molar-refractivity contribution < 1.29 is 0 Å². The molecule has 0 amide bonds. The van der Waals surface area contributed by atoms with Gasteiger partial charge in [-0.1, -0.05) is 91.0 Å². The first kappa shape index (κ1) is 29.8. The first-order valence-electron chi connectivity index (χ1n) is 16.7. The lowest BCUT2D eigenvalue weighted by Crippen LogP contribution is -1.94. The fraction of sp³-hybridized carbons (Fsp3) is 0. The maximum Gasteiger partial charge on any atom is 0.190 e. The fourth-order valence-electron chi connectivity index (χ4n) is 7.16. The molecular weight excluding hydrogens is 623 g/mol. The highest BCUT2D eigenvalue weighted by atomic mass is 15.0. The Morgan fingerprint density at radius 2 is 1.20 bits per heavy atom. The second-order valence-corrected chi connectivity index (χ2v) is 12.5. The van der Waals surface area contributed by atoms with Crippen LogP contribution >= 0.6 is 0 Å². The summed E-state index contributed by atoms with van der Waals surface area (Å²) in [6.07, 6.45) is 3.38. The molecule has 0 atom stereocenters. The van der Waals surface area contributed by atoms with E-state index >= 15 is 0 Å². The van der Waals surface area contributed by atoms with E-state index in [1.807, 2.05) is 36.4 Å². The van der Waals surface area contributed by atoms with E-state index in [4.69, 9.17) is 6.57 Å². The molecule has 0 aliphatic carbocycles. The van der Waals surface area contributed by atoms with Gasteiger partial charge in [0, 0.05) is 34.4 Å². The third kappa shape index (κ3) is 5.18. The Morgan fingerprint density at radius 1 is 0.529 bits per heavy atom. The van der Waals surface area contributed by atoms with Crippen molar-refractivity contribution in [3.8, 4) is 56.5 Å². The maximum absolute atomic E-state index is 9.46. The van der Waals surface area contributed by atoms with Crippen LogP contribution in [0.1, 0.15) is 5.56 Å². The van der Waals surface area contributed by atoms with Gasteiger partial charge in [0.2, 0.25) is 0 Å². The molecule has 5 heteroatoms. The molecule has 0 saturated carbocycles. The summed E-state index contributed by atoms with van der Waals surface area (Å²) in [7, 11) is 0. The number of hydrogen-bond acceptors (Lipinski definition) is 3. The van der Waals surface area contributed by atoms with Gasteiger partial charge in [0.15, 0.2) is 5.69 Å². The smallest absolute Gasteiger partial charge is 0.190 e. The van der Waals surface area contributed by atoms with Crippen molar-refractivity contribution in [3.63, 3.8) is 0 Å². The molecule has 9 rings (SSSR count). The number of rotatable bonds is 5. The van der Waals surface area contributed by atoms with Crippen LogP contribution in [-0.2, 0) is 0 Å². The Balaban J connectivity index is 1.28. The zero-order chi connectivity index (χ0) is 34.3. The summed E-state index contributed by atoms with van der Waals surface area (Å²) in [6.45, 7) is 7.49. The average molecular weight is 650 g/mol. The van der Waals surface area contributed by atoms with E-state index in [-0.39, 0.29) is 0 Å². The maximum atomic E-state index is 9.46.